The Morgan fingerprint density at radius 2 is 2.00 bits per heavy atom. The van der Waals surface area contributed by atoms with Gasteiger partial charge in [-0.1, -0.05) is 37.3 Å². The van der Waals surface area contributed by atoms with Crippen molar-refractivity contribution < 1.29 is 4.79 Å². The first kappa shape index (κ1) is 7.99. The second-order valence-corrected chi connectivity index (χ2v) is 2.40. The predicted molar refractivity (Wildman–Crippen MR) is 45.4 cm³/mol. The van der Waals surface area contributed by atoms with Crippen molar-refractivity contribution in [3.63, 3.8) is 0 Å². The first-order valence-corrected chi connectivity index (χ1v) is 3.70. The summed E-state index contributed by atoms with van der Waals surface area (Å²) in [4.78, 5) is 11.2. The van der Waals surface area contributed by atoms with Crippen LogP contribution >= 0.6 is 0 Å². The fourth-order valence-electron chi connectivity index (χ4n) is 0.927. The third-order valence-corrected chi connectivity index (χ3v) is 1.49. The van der Waals surface area contributed by atoms with E-state index in [9.17, 15) is 4.79 Å². The molecule has 0 saturated carbocycles. The fourth-order valence-corrected chi connectivity index (χ4v) is 0.927. The Bertz CT molecular complexity index is 226. The van der Waals surface area contributed by atoms with Crippen LogP contribution in [-0.4, -0.2) is 5.78 Å². The molecule has 0 unspecified atom stereocenters. The van der Waals surface area contributed by atoms with Crippen LogP contribution in [0.1, 0.15) is 23.7 Å². The summed E-state index contributed by atoms with van der Waals surface area (Å²) in [6.45, 7) is 1.89. The molecule has 0 aromatic heterocycles. The van der Waals surface area contributed by atoms with E-state index in [2.05, 4.69) is 0 Å². The van der Waals surface area contributed by atoms with E-state index in [0.717, 1.165) is 5.56 Å². The van der Waals surface area contributed by atoms with E-state index in [0.29, 0.717) is 6.42 Å². The second kappa shape index (κ2) is 3.91. The van der Waals surface area contributed by atoms with Gasteiger partial charge in [0.05, 0.1) is 0 Å². The van der Waals surface area contributed by atoms with Gasteiger partial charge in [0.15, 0.2) is 5.78 Å². The molecule has 1 radical (unpaired) electrons. The molecule has 0 heterocycles. The van der Waals surface area contributed by atoms with Gasteiger partial charge in [0.25, 0.3) is 0 Å². The number of Topliss-reactive ketones (excluding diaryl/α,β-unsaturated/α-hetero) is 1. The standard InChI is InChI=1S/C10H11O/c1-2-6-10(11)9-7-4-3-5-8-9/h2-5,7-8H,6H2,1H3. The van der Waals surface area contributed by atoms with Gasteiger partial charge < -0.3 is 0 Å². The zero-order valence-electron chi connectivity index (χ0n) is 6.58. The van der Waals surface area contributed by atoms with Crippen molar-refractivity contribution in [2.75, 3.05) is 0 Å². The monoisotopic (exact) mass is 147 g/mol. The summed E-state index contributed by atoms with van der Waals surface area (Å²) in [5.41, 5.74) is 0.797. The number of rotatable bonds is 3. The average molecular weight is 147 g/mol. The Balaban J connectivity index is 2.69. The minimum Gasteiger partial charge on any atom is -0.294 e. The van der Waals surface area contributed by atoms with Gasteiger partial charge in [-0.25, -0.2) is 0 Å². The van der Waals surface area contributed by atoms with Crippen LogP contribution in [-0.2, 0) is 0 Å². The lowest BCUT2D eigenvalue weighted by molar-refractivity contribution is 0.0992. The van der Waals surface area contributed by atoms with Crippen LogP contribution < -0.4 is 0 Å². The molecule has 0 atom stereocenters. The van der Waals surface area contributed by atoms with Crippen molar-refractivity contribution >= 4 is 5.78 Å². The molecule has 0 aliphatic rings. The smallest absolute Gasteiger partial charge is 0.163 e. The van der Waals surface area contributed by atoms with E-state index in [1.54, 1.807) is 0 Å². The highest BCUT2D eigenvalue weighted by Gasteiger charge is 2.01. The molecule has 57 valence electrons. The summed E-state index contributed by atoms with van der Waals surface area (Å²) in [7, 11) is 0. The van der Waals surface area contributed by atoms with Crippen LogP contribution in [0.2, 0.25) is 0 Å². The molecule has 1 aromatic rings. The Labute approximate surface area is 67.1 Å². The SMILES string of the molecule is C[CH]CC(=O)c1ccccc1. The average Bonchev–Trinajstić information content (AvgIpc) is 2.07. The van der Waals surface area contributed by atoms with Gasteiger partial charge in [-0.3, -0.25) is 4.79 Å². The number of ketones is 1. The van der Waals surface area contributed by atoms with E-state index in [1.807, 2.05) is 43.7 Å². The number of carbonyl (C=O) groups excluding carboxylic acids is 1. The van der Waals surface area contributed by atoms with Crippen LogP contribution in [0.15, 0.2) is 30.3 Å². The Kier molecular flexibility index (Phi) is 2.84. The summed E-state index contributed by atoms with van der Waals surface area (Å²) in [6.07, 6.45) is 2.40. The summed E-state index contributed by atoms with van der Waals surface area (Å²) >= 11 is 0. The highest BCUT2D eigenvalue weighted by molar-refractivity contribution is 5.96. The lowest BCUT2D eigenvalue weighted by Crippen LogP contribution is -1.96. The minimum atomic E-state index is 0.188. The highest BCUT2D eigenvalue weighted by atomic mass is 16.1. The summed E-state index contributed by atoms with van der Waals surface area (Å²) in [5, 5.41) is 0. The van der Waals surface area contributed by atoms with Crippen molar-refractivity contribution in [1.82, 2.24) is 0 Å². The Morgan fingerprint density at radius 3 is 2.55 bits per heavy atom. The van der Waals surface area contributed by atoms with Crippen molar-refractivity contribution in [3.05, 3.63) is 42.3 Å². The highest BCUT2D eigenvalue weighted by Crippen LogP contribution is 2.03. The second-order valence-electron chi connectivity index (χ2n) is 2.40. The molecular formula is C10H11O. The van der Waals surface area contributed by atoms with Gasteiger partial charge in [0, 0.05) is 12.0 Å². The molecule has 0 amide bonds. The van der Waals surface area contributed by atoms with Gasteiger partial charge in [-0.15, -0.1) is 0 Å². The summed E-state index contributed by atoms with van der Waals surface area (Å²) < 4.78 is 0. The molecule has 0 spiro atoms. The molecule has 0 aliphatic carbocycles. The third-order valence-electron chi connectivity index (χ3n) is 1.49. The van der Waals surface area contributed by atoms with Crippen LogP contribution in [0, 0.1) is 6.42 Å². The van der Waals surface area contributed by atoms with Gasteiger partial charge >= 0.3 is 0 Å². The molecule has 1 rings (SSSR count). The topological polar surface area (TPSA) is 17.1 Å². The van der Waals surface area contributed by atoms with Crippen LogP contribution in [0.3, 0.4) is 0 Å². The number of hydrogen-bond acceptors (Lipinski definition) is 1. The molecule has 11 heavy (non-hydrogen) atoms. The maximum absolute atomic E-state index is 11.2. The lowest BCUT2D eigenvalue weighted by Gasteiger charge is -1.95. The maximum atomic E-state index is 11.2. The molecule has 0 N–H and O–H groups in total. The normalized spacial score (nSPS) is 9.55. The largest absolute Gasteiger partial charge is 0.294 e. The molecular weight excluding hydrogens is 136 g/mol. The van der Waals surface area contributed by atoms with Crippen LogP contribution in [0.25, 0.3) is 0 Å². The van der Waals surface area contributed by atoms with Crippen molar-refractivity contribution in [2.45, 2.75) is 13.3 Å². The Morgan fingerprint density at radius 1 is 1.36 bits per heavy atom. The van der Waals surface area contributed by atoms with Gasteiger partial charge in [-0.05, 0) is 6.42 Å². The first-order chi connectivity index (χ1) is 5.34. The molecule has 0 saturated heterocycles. The molecule has 0 bridgehead atoms. The zero-order chi connectivity index (χ0) is 8.10. The molecule has 1 nitrogen and oxygen atoms in total. The Hall–Kier alpha value is -1.11. The fraction of sp³-hybridized carbons (Fsp3) is 0.200. The quantitative estimate of drug-likeness (QED) is 0.600. The predicted octanol–water partition coefficient (Wildman–Crippen LogP) is 2.48. The zero-order valence-corrected chi connectivity index (χ0v) is 6.58. The van der Waals surface area contributed by atoms with Crippen molar-refractivity contribution in [2.24, 2.45) is 0 Å². The number of hydrogen-bond donors (Lipinski definition) is 0. The van der Waals surface area contributed by atoms with E-state index >= 15 is 0 Å². The first-order valence-electron chi connectivity index (χ1n) is 3.70. The maximum Gasteiger partial charge on any atom is 0.163 e. The van der Waals surface area contributed by atoms with E-state index in [-0.39, 0.29) is 5.78 Å². The van der Waals surface area contributed by atoms with Crippen LogP contribution in [0.5, 0.6) is 0 Å². The molecule has 0 aliphatic heterocycles. The van der Waals surface area contributed by atoms with Crippen molar-refractivity contribution in [1.29, 1.82) is 0 Å². The lowest BCUT2D eigenvalue weighted by atomic mass is 10.1. The molecule has 0 fully saturated rings. The summed E-state index contributed by atoms with van der Waals surface area (Å²) in [5.74, 6) is 0.188. The van der Waals surface area contributed by atoms with Crippen molar-refractivity contribution in [3.8, 4) is 0 Å². The minimum absolute atomic E-state index is 0.188. The molecule has 1 heteroatoms. The van der Waals surface area contributed by atoms with Gasteiger partial charge in [0.1, 0.15) is 0 Å². The van der Waals surface area contributed by atoms with E-state index in [1.165, 1.54) is 0 Å². The van der Waals surface area contributed by atoms with E-state index in [4.69, 9.17) is 0 Å². The van der Waals surface area contributed by atoms with Crippen LogP contribution in [0.4, 0.5) is 0 Å². The third kappa shape index (κ3) is 2.19. The van der Waals surface area contributed by atoms with E-state index < -0.39 is 0 Å². The summed E-state index contributed by atoms with van der Waals surface area (Å²) in [6, 6.07) is 9.34. The van der Waals surface area contributed by atoms with Gasteiger partial charge in [-0.2, -0.15) is 0 Å². The number of carbonyl (C=O) groups is 1. The number of benzene rings is 1. The molecule has 1 aromatic carbocycles. The van der Waals surface area contributed by atoms with Gasteiger partial charge in [0.2, 0.25) is 0 Å².